The van der Waals surface area contributed by atoms with E-state index in [0.29, 0.717) is 64.8 Å². The van der Waals surface area contributed by atoms with Crippen LogP contribution in [0.1, 0.15) is 57.1 Å². The van der Waals surface area contributed by atoms with Gasteiger partial charge in [0.2, 0.25) is 27.7 Å². The Bertz CT molecular complexity index is 1560. The van der Waals surface area contributed by atoms with Crippen LogP contribution in [0, 0.1) is 23.7 Å². The minimum Gasteiger partial charge on any atom is -0.345 e. The summed E-state index contributed by atoms with van der Waals surface area (Å²) >= 11 is 0. The fraction of sp³-hybridized carbons (Fsp3) is 0.579. The number of rotatable bonds is 19. The van der Waals surface area contributed by atoms with Gasteiger partial charge < -0.3 is 27.0 Å². The van der Waals surface area contributed by atoms with Gasteiger partial charge in [-0.2, -0.15) is 0 Å². The maximum Gasteiger partial charge on any atom is 0.245 e. The highest BCUT2D eigenvalue weighted by Crippen LogP contribution is 2.33. The number of hydrogen-bond acceptors (Lipinski definition) is 8. The molecule has 2 heterocycles. The van der Waals surface area contributed by atoms with E-state index in [4.69, 9.17) is 11.5 Å². The number of unbranched alkanes of at least 4 members (excludes halogenated alkanes) is 1. The lowest BCUT2D eigenvalue weighted by atomic mass is 9.88. The lowest BCUT2D eigenvalue weighted by molar-refractivity contribution is -0.138. The van der Waals surface area contributed by atoms with Crippen LogP contribution < -0.4 is 22.1 Å². The number of hydrogen-bond donors (Lipinski definition) is 4. The molecule has 0 bridgehead atoms. The lowest BCUT2D eigenvalue weighted by Crippen LogP contribution is -2.52. The number of nitrogens with two attached hydrogens (primary N) is 2. The van der Waals surface area contributed by atoms with Crippen molar-refractivity contribution in [1.82, 2.24) is 19.8 Å². The Kier molecular flexibility index (Phi) is 14.7. The van der Waals surface area contributed by atoms with Gasteiger partial charge in [0, 0.05) is 38.5 Å². The first kappa shape index (κ1) is 40.1. The van der Waals surface area contributed by atoms with Crippen molar-refractivity contribution in [3.63, 3.8) is 0 Å². The fourth-order valence-electron chi connectivity index (χ4n) is 7.23. The van der Waals surface area contributed by atoms with Gasteiger partial charge in [0.05, 0.1) is 18.3 Å². The molecule has 12 nitrogen and oxygen atoms in total. The molecule has 0 spiro atoms. The number of ketones is 1. The second-order valence-corrected chi connectivity index (χ2v) is 16.7. The highest BCUT2D eigenvalue weighted by molar-refractivity contribution is 7.88. The molecule has 2 aliphatic rings. The van der Waals surface area contributed by atoms with Gasteiger partial charge in [-0.25, -0.2) is 12.7 Å². The maximum atomic E-state index is 14.0. The second kappa shape index (κ2) is 18.7. The summed E-state index contributed by atoms with van der Waals surface area (Å²) in [6.07, 6.45) is 3.78. The Morgan fingerprint density at radius 3 is 1.88 bits per heavy atom. The molecule has 0 radical (unpaired) electrons. The van der Waals surface area contributed by atoms with E-state index in [0.717, 1.165) is 11.1 Å². The van der Waals surface area contributed by atoms with Crippen LogP contribution >= 0.6 is 0 Å². The van der Waals surface area contributed by atoms with E-state index in [-0.39, 0.29) is 48.2 Å². The van der Waals surface area contributed by atoms with Crippen molar-refractivity contribution in [2.24, 2.45) is 35.1 Å². The molecule has 0 aromatic heterocycles. The zero-order chi connectivity index (χ0) is 37.1. The van der Waals surface area contributed by atoms with Crippen LogP contribution in [0.5, 0.6) is 0 Å². The van der Waals surface area contributed by atoms with Gasteiger partial charge in [-0.15, -0.1) is 0 Å². The molecule has 2 aliphatic heterocycles. The molecule has 51 heavy (non-hydrogen) atoms. The van der Waals surface area contributed by atoms with E-state index in [2.05, 4.69) is 10.6 Å². The van der Waals surface area contributed by atoms with E-state index in [9.17, 15) is 27.6 Å². The van der Waals surface area contributed by atoms with E-state index in [1.807, 2.05) is 74.5 Å². The predicted octanol–water partition coefficient (Wildman–Crippen LogP) is 1.87. The van der Waals surface area contributed by atoms with Gasteiger partial charge in [0.1, 0.15) is 6.04 Å². The second-order valence-electron chi connectivity index (χ2n) is 14.7. The lowest BCUT2D eigenvalue weighted by Gasteiger charge is -2.28. The highest BCUT2D eigenvalue weighted by Gasteiger charge is 2.45. The Morgan fingerprint density at radius 1 is 0.804 bits per heavy atom. The Labute approximate surface area is 303 Å². The summed E-state index contributed by atoms with van der Waals surface area (Å²) in [5, 5.41) is 5.89. The van der Waals surface area contributed by atoms with Crippen LogP contribution in [-0.4, -0.2) is 98.2 Å². The number of Topliss-reactive ketones (excluding diaryl/α,β-unsaturated/α-hetero) is 1. The molecule has 0 aliphatic carbocycles. The molecular formula is C38H56N6O6S. The molecule has 3 amide bonds. The molecule has 2 fully saturated rings. The Hall–Kier alpha value is -3.65. The average Bonchev–Trinajstić information content (AvgIpc) is 3.68. The standard InChI is InChI=1S/C38H56N6O6S/c1-26(2)18-29(21-35(45)34(20-28-14-8-5-9-15-28)42-37(47)32(40)19-27-12-6-4-7-13-27)36(46)41-33(16-10-11-17-39)38(48)43-22-30-24-44(51(3,49)50)25-31(30)23-43/h4-9,12-15,26,29-34H,10-11,16-25,39-40H2,1-3H3,(H,41,46)(H,42,47). The van der Waals surface area contributed by atoms with E-state index < -0.39 is 40.0 Å². The minimum atomic E-state index is -3.30. The summed E-state index contributed by atoms with van der Waals surface area (Å²) in [4.78, 5) is 57.0. The van der Waals surface area contributed by atoms with E-state index >= 15 is 0 Å². The van der Waals surface area contributed by atoms with Crippen LogP contribution in [-0.2, 0) is 42.0 Å². The molecule has 6 N–H and O–H groups in total. The summed E-state index contributed by atoms with van der Waals surface area (Å²) in [7, 11) is -3.30. The van der Waals surface area contributed by atoms with Gasteiger partial charge >= 0.3 is 0 Å². The van der Waals surface area contributed by atoms with Gasteiger partial charge in [0.25, 0.3) is 0 Å². The summed E-state index contributed by atoms with van der Waals surface area (Å²) in [6, 6.07) is 16.2. The Balaban J connectivity index is 1.47. The molecule has 6 atom stereocenters. The van der Waals surface area contributed by atoms with Gasteiger partial charge in [-0.3, -0.25) is 19.2 Å². The maximum absolute atomic E-state index is 14.0. The number of benzene rings is 2. The third-order valence-electron chi connectivity index (χ3n) is 9.99. The molecule has 280 valence electrons. The zero-order valence-electron chi connectivity index (χ0n) is 30.2. The largest absolute Gasteiger partial charge is 0.345 e. The summed E-state index contributed by atoms with van der Waals surface area (Å²) in [5.74, 6) is -1.85. The molecule has 0 saturated carbocycles. The summed E-state index contributed by atoms with van der Waals surface area (Å²) in [6.45, 7) is 6.03. The number of amides is 3. The van der Waals surface area contributed by atoms with Gasteiger partial charge in [0.15, 0.2) is 5.78 Å². The first-order chi connectivity index (χ1) is 24.2. The van der Waals surface area contributed by atoms with Crippen LogP contribution in [0.4, 0.5) is 0 Å². The molecule has 4 rings (SSSR count). The average molecular weight is 725 g/mol. The zero-order valence-corrected chi connectivity index (χ0v) is 31.0. The van der Waals surface area contributed by atoms with Crippen LogP contribution in [0.2, 0.25) is 0 Å². The third-order valence-corrected chi connectivity index (χ3v) is 11.2. The fourth-order valence-corrected chi connectivity index (χ4v) is 8.16. The van der Waals surface area contributed by atoms with Crippen LogP contribution in [0.15, 0.2) is 60.7 Å². The van der Waals surface area contributed by atoms with Crippen molar-refractivity contribution in [3.05, 3.63) is 71.8 Å². The Morgan fingerprint density at radius 2 is 1.35 bits per heavy atom. The highest BCUT2D eigenvalue weighted by atomic mass is 32.2. The van der Waals surface area contributed by atoms with Crippen LogP contribution in [0.3, 0.4) is 0 Å². The molecule has 6 unspecified atom stereocenters. The topological polar surface area (TPSA) is 185 Å². The predicted molar refractivity (Wildman–Crippen MR) is 198 cm³/mol. The SMILES string of the molecule is CC(C)CC(CC(=O)C(Cc1ccccc1)NC(=O)C(N)Cc1ccccc1)C(=O)NC(CCCCN)C(=O)N1CC2CN(S(C)(=O)=O)CC2C1. The first-order valence-corrected chi connectivity index (χ1v) is 20.0. The van der Waals surface area contributed by atoms with Crippen LogP contribution in [0.25, 0.3) is 0 Å². The van der Waals surface area contributed by atoms with Crippen molar-refractivity contribution < 1.29 is 27.6 Å². The number of nitrogens with one attached hydrogen (secondary N) is 2. The number of carbonyl (C=O) groups excluding carboxylic acids is 4. The molecule has 2 aromatic carbocycles. The number of nitrogens with zero attached hydrogens (tertiary/aromatic N) is 2. The third kappa shape index (κ3) is 11.9. The minimum absolute atomic E-state index is 0.0490. The van der Waals surface area contributed by atoms with Crippen molar-refractivity contribution in [2.45, 2.75) is 76.9 Å². The first-order valence-electron chi connectivity index (χ1n) is 18.2. The number of sulfonamides is 1. The summed E-state index contributed by atoms with van der Waals surface area (Å²) in [5.41, 5.74) is 13.8. The molecular weight excluding hydrogens is 669 g/mol. The molecule has 13 heteroatoms. The smallest absolute Gasteiger partial charge is 0.245 e. The van der Waals surface area contributed by atoms with Gasteiger partial charge in [-0.05, 0) is 74.0 Å². The number of fused-ring (bicyclic) bond motifs is 1. The monoisotopic (exact) mass is 724 g/mol. The normalized spacial score (nSPS) is 20.0. The quantitative estimate of drug-likeness (QED) is 0.158. The number of likely N-dealkylation sites (tertiary alicyclic amines) is 1. The van der Waals surface area contributed by atoms with E-state index in [1.54, 1.807) is 4.90 Å². The van der Waals surface area contributed by atoms with E-state index in [1.165, 1.54) is 10.6 Å². The van der Waals surface area contributed by atoms with Crippen molar-refractivity contribution >= 4 is 33.5 Å². The van der Waals surface area contributed by atoms with Crippen molar-refractivity contribution in [1.29, 1.82) is 0 Å². The number of carbonyl (C=O) groups is 4. The summed E-state index contributed by atoms with van der Waals surface area (Å²) < 4.78 is 25.7. The molecule has 2 saturated heterocycles. The van der Waals surface area contributed by atoms with Crippen molar-refractivity contribution in [2.75, 3.05) is 39.0 Å². The van der Waals surface area contributed by atoms with Gasteiger partial charge in [-0.1, -0.05) is 74.5 Å². The van der Waals surface area contributed by atoms with Crippen molar-refractivity contribution in [3.8, 4) is 0 Å². The molecule has 2 aromatic rings.